The van der Waals surface area contributed by atoms with Crippen molar-refractivity contribution in [3.05, 3.63) is 0 Å². The zero-order chi connectivity index (χ0) is 21.0. The molecule has 0 aliphatic heterocycles. The van der Waals surface area contributed by atoms with Gasteiger partial charge in [-0.15, -0.1) is 0 Å². The summed E-state index contributed by atoms with van der Waals surface area (Å²) in [6, 6.07) is 0. The van der Waals surface area contributed by atoms with Crippen molar-refractivity contribution in [3.63, 3.8) is 0 Å². The van der Waals surface area contributed by atoms with Crippen LogP contribution < -0.4 is 0 Å². The maximum Gasteiger partial charge on any atom is 0.522 e. The molecule has 0 fully saturated rings. The summed E-state index contributed by atoms with van der Waals surface area (Å²) in [5, 5.41) is 0. The minimum Gasteiger partial charge on any atom is -0.279 e. The predicted octanol–water partition coefficient (Wildman–Crippen LogP) is 1.18. The van der Waals surface area contributed by atoms with E-state index in [2.05, 4.69) is 0 Å². The number of hydrogen-bond donors (Lipinski definition) is 3. The van der Waals surface area contributed by atoms with Gasteiger partial charge in [0.05, 0.1) is 0 Å². The van der Waals surface area contributed by atoms with Gasteiger partial charge in [-0.1, -0.05) is 0 Å². The van der Waals surface area contributed by atoms with Gasteiger partial charge in [-0.2, -0.15) is 64.8 Å². The average Bonchev–Trinajstić information content (AvgIpc) is 2.08. The molecule has 0 aromatic heterocycles. The summed E-state index contributed by atoms with van der Waals surface area (Å²) in [5.74, 6) is 0. The van der Waals surface area contributed by atoms with E-state index < -0.39 is 46.9 Å². The smallest absolute Gasteiger partial charge is 0.279 e. The zero-order valence-electron chi connectivity index (χ0n) is 10.4. The summed E-state index contributed by atoms with van der Waals surface area (Å²) in [5.41, 5.74) is -16.6. The monoisotopic (exact) mass is 592 g/mol. The van der Waals surface area contributed by atoms with Crippen LogP contribution in [0.3, 0.4) is 0 Å². The first kappa shape index (κ1) is 33.1. The summed E-state index contributed by atoms with van der Waals surface area (Å²) in [6.07, 6.45) is 0. The van der Waals surface area contributed by atoms with E-state index in [4.69, 9.17) is 38.9 Å². The first-order valence-corrected chi connectivity index (χ1v) is 8.18. The van der Waals surface area contributed by atoms with Crippen molar-refractivity contribution in [2.45, 2.75) is 16.5 Å². The minimum absolute atomic E-state index is 0. The Morgan fingerprint density at radius 2 is 0.480 bits per heavy atom. The topological polar surface area (TPSA) is 163 Å². The summed E-state index contributed by atoms with van der Waals surface area (Å²) < 4.78 is 173. The van der Waals surface area contributed by atoms with Crippen LogP contribution in [0.5, 0.6) is 0 Å². The molecule has 0 heterocycles. The van der Waals surface area contributed by atoms with E-state index in [0.29, 0.717) is 0 Å². The van der Waals surface area contributed by atoms with Crippen molar-refractivity contribution in [3.8, 4) is 0 Å². The van der Waals surface area contributed by atoms with Gasteiger partial charge in [0, 0.05) is 40.8 Å². The molecule has 0 atom stereocenters. The van der Waals surface area contributed by atoms with Crippen molar-refractivity contribution >= 4 is 30.4 Å². The molecule has 0 aromatic carbocycles. The second-order valence-corrected chi connectivity index (χ2v) is 7.00. The molecule has 0 aliphatic rings. The van der Waals surface area contributed by atoms with E-state index >= 15 is 0 Å². The number of alkyl halides is 9. The third kappa shape index (κ3) is 16.4. The number of halogens is 9. The fraction of sp³-hybridized carbons (Fsp3) is 1.00. The molecule has 0 radical (unpaired) electrons. The Morgan fingerprint density at radius 1 is 0.440 bits per heavy atom. The summed E-state index contributed by atoms with van der Waals surface area (Å²) >= 11 is 0. The fourth-order valence-electron chi connectivity index (χ4n) is 0. The zero-order valence-corrected chi connectivity index (χ0v) is 16.1. The van der Waals surface area contributed by atoms with Crippen LogP contribution in [-0.4, -0.2) is 55.4 Å². The Hall–Kier alpha value is 0.451. The van der Waals surface area contributed by atoms with Gasteiger partial charge in [0.2, 0.25) is 0 Å². The molecular formula is C3H3F9NdO9S3. The molecule has 154 valence electrons. The Bertz CT molecular complexity index is 596. The van der Waals surface area contributed by atoms with Crippen molar-refractivity contribution in [1.82, 2.24) is 0 Å². The Balaban J connectivity index is -0.000000130. The van der Waals surface area contributed by atoms with Gasteiger partial charge in [-0.3, -0.25) is 13.7 Å². The van der Waals surface area contributed by atoms with Gasteiger partial charge >= 0.3 is 46.9 Å². The van der Waals surface area contributed by atoms with E-state index in [1.165, 1.54) is 0 Å². The number of rotatable bonds is 0. The summed E-state index contributed by atoms with van der Waals surface area (Å²) in [6.45, 7) is 0. The largest absolute Gasteiger partial charge is 0.522 e. The van der Waals surface area contributed by atoms with Crippen LogP contribution in [0, 0.1) is 40.8 Å². The van der Waals surface area contributed by atoms with Gasteiger partial charge in [0.15, 0.2) is 0 Å². The Kier molecular flexibility index (Phi) is 13.4. The van der Waals surface area contributed by atoms with Gasteiger partial charge in [-0.05, 0) is 0 Å². The molecule has 0 rings (SSSR count). The fourth-order valence-corrected chi connectivity index (χ4v) is 0. The molecule has 0 spiro atoms. The second kappa shape index (κ2) is 10.1. The van der Waals surface area contributed by atoms with Crippen LogP contribution in [0.15, 0.2) is 0 Å². The first-order valence-electron chi connectivity index (χ1n) is 3.86. The van der Waals surface area contributed by atoms with Crippen LogP contribution in [0.2, 0.25) is 0 Å². The maximum absolute atomic E-state index is 10.7. The van der Waals surface area contributed by atoms with Crippen molar-refractivity contribution in [1.29, 1.82) is 0 Å². The molecule has 25 heavy (non-hydrogen) atoms. The summed E-state index contributed by atoms with van der Waals surface area (Å²) in [7, 11) is -17.5. The van der Waals surface area contributed by atoms with E-state index in [0.717, 1.165) is 0 Å². The quantitative estimate of drug-likeness (QED) is 0.212. The van der Waals surface area contributed by atoms with Crippen molar-refractivity contribution in [2.75, 3.05) is 0 Å². The molecule has 0 saturated carbocycles. The third-order valence-corrected chi connectivity index (χ3v) is 2.63. The van der Waals surface area contributed by atoms with Crippen LogP contribution in [0.4, 0.5) is 39.5 Å². The molecule has 0 saturated heterocycles. The SMILES string of the molecule is O=S(=O)(O)C(F)(F)F.O=S(=O)(O)C(F)(F)F.O=S(=O)(O)C(F)(F)F.[Nd]. The molecule has 0 amide bonds. The Morgan fingerprint density at radius 3 is 0.480 bits per heavy atom. The van der Waals surface area contributed by atoms with Crippen molar-refractivity contribution in [2.24, 2.45) is 0 Å². The average molecular weight is 594 g/mol. The van der Waals surface area contributed by atoms with Crippen LogP contribution in [-0.2, 0) is 30.4 Å². The van der Waals surface area contributed by atoms with Gasteiger partial charge in [0.1, 0.15) is 0 Å². The summed E-state index contributed by atoms with van der Waals surface area (Å²) in [4.78, 5) is 0. The minimum atomic E-state index is -5.84. The van der Waals surface area contributed by atoms with E-state index in [9.17, 15) is 39.5 Å². The van der Waals surface area contributed by atoms with Crippen LogP contribution in [0.1, 0.15) is 0 Å². The normalized spacial score (nSPS) is 13.4. The van der Waals surface area contributed by atoms with Gasteiger partial charge in [-0.25, -0.2) is 0 Å². The van der Waals surface area contributed by atoms with E-state index in [-0.39, 0.29) is 40.8 Å². The van der Waals surface area contributed by atoms with Crippen LogP contribution >= 0.6 is 0 Å². The predicted molar refractivity (Wildman–Crippen MR) is 52.8 cm³/mol. The molecule has 0 bridgehead atoms. The molecule has 22 heteroatoms. The maximum atomic E-state index is 10.7. The van der Waals surface area contributed by atoms with Gasteiger partial charge in [0.25, 0.3) is 0 Å². The molecule has 3 N–H and O–H groups in total. The third-order valence-electron chi connectivity index (χ3n) is 0.877. The number of hydrogen-bond acceptors (Lipinski definition) is 6. The molecular weight excluding hydrogens is 591 g/mol. The van der Waals surface area contributed by atoms with E-state index in [1.807, 2.05) is 0 Å². The molecule has 9 nitrogen and oxygen atoms in total. The molecule has 0 unspecified atom stereocenters. The second-order valence-electron chi connectivity index (χ2n) is 2.76. The van der Waals surface area contributed by atoms with E-state index in [1.54, 1.807) is 0 Å². The first-order chi connectivity index (χ1) is 9.75. The molecule has 0 aromatic rings. The van der Waals surface area contributed by atoms with Gasteiger partial charge < -0.3 is 0 Å². The standard InChI is InChI=1S/3CHF3O3S.Nd/c3*2-1(3,4)8(5,6)7;/h3*(H,5,6,7);. The van der Waals surface area contributed by atoms with Crippen LogP contribution in [0.25, 0.3) is 0 Å². The van der Waals surface area contributed by atoms with Crippen molar-refractivity contribution < 1.29 is 119 Å². The Labute approximate surface area is 165 Å². The molecule has 0 aliphatic carbocycles.